The van der Waals surface area contributed by atoms with Crippen molar-refractivity contribution >= 4 is 33.8 Å². The summed E-state index contributed by atoms with van der Waals surface area (Å²) < 4.78 is 27.6. The van der Waals surface area contributed by atoms with Crippen molar-refractivity contribution in [3.05, 3.63) is 41.3 Å². The van der Waals surface area contributed by atoms with E-state index in [0.717, 1.165) is 29.6 Å². The van der Waals surface area contributed by atoms with Gasteiger partial charge in [-0.25, -0.2) is 8.42 Å². The maximum absolute atomic E-state index is 12.9. The number of amides is 1. The second-order valence-electron chi connectivity index (χ2n) is 7.43. The van der Waals surface area contributed by atoms with Crippen molar-refractivity contribution in [2.24, 2.45) is 5.92 Å². The van der Waals surface area contributed by atoms with Gasteiger partial charge in [0.15, 0.2) is 0 Å². The summed E-state index contributed by atoms with van der Waals surface area (Å²) in [5.74, 6) is 1.10. The molecule has 0 saturated heterocycles. The van der Waals surface area contributed by atoms with Crippen molar-refractivity contribution in [3.8, 4) is 0 Å². The van der Waals surface area contributed by atoms with Gasteiger partial charge >= 0.3 is 0 Å². The first-order valence-corrected chi connectivity index (χ1v) is 12.8. The van der Waals surface area contributed by atoms with Crippen LogP contribution in [0.2, 0.25) is 0 Å². The van der Waals surface area contributed by atoms with E-state index in [1.54, 1.807) is 29.8 Å². The van der Waals surface area contributed by atoms with E-state index in [0.29, 0.717) is 18.9 Å². The number of hydrogen-bond donors (Lipinski definition) is 1. The highest BCUT2D eigenvalue weighted by Gasteiger charge is 2.27. The fourth-order valence-corrected chi connectivity index (χ4v) is 5.05. The Kier molecular flexibility index (Phi) is 9.55. The quantitative estimate of drug-likeness (QED) is 0.621. The van der Waals surface area contributed by atoms with Gasteiger partial charge in [0.2, 0.25) is 15.9 Å². The zero-order valence-electron chi connectivity index (χ0n) is 16.8. The molecule has 2 rings (SSSR count). The van der Waals surface area contributed by atoms with Crippen LogP contribution in [0.1, 0.15) is 44.1 Å². The van der Waals surface area contributed by atoms with Crippen LogP contribution < -0.4 is 4.72 Å². The molecule has 1 unspecified atom stereocenters. The van der Waals surface area contributed by atoms with Crippen LogP contribution in [-0.4, -0.2) is 50.9 Å². The highest BCUT2D eigenvalue weighted by Crippen LogP contribution is 2.24. The molecule has 7 heteroatoms. The molecule has 1 aliphatic rings. The molecule has 1 N–H and O–H groups in total. The van der Waals surface area contributed by atoms with Crippen molar-refractivity contribution in [1.82, 2.24) is 9.62 Å². The Hall–Kier alpha value is -1.31. The van der Waals surface area contributed by atoms with Gasteiger partial charge in [0.05, 0.1) is 0 Å². The molecule has 1 fully saturated rings. The molecule has 0 bridgehead atoms. The van der Waals surface area contributed by atoms with Gasteiger partial charge in [0, 0.05) is 19.0 Å². The standard InChI is InChI=1S/C21H32N2O3S2/c1-23(17-19-11-7-4-8-12-19)21(24)20(13-15-27-2)22-28(25,26)16-14-18-9-5-3-6-10-18/h3,5-6,9-10,14,16,19-20,22H,4,7-8,11-13,15,17H2,1-2H3. The number of sulfonamides is 1. The number of hydrogen-bond acceptors (Lipinski definition) is 4. The molecule has 0 aromatic heterocycles. The minimum absolute atomic E-state index is 0.142. The molecule has 1 saturated carbocycles. The summed E-state index contributed by atoms with van der Waals surface area (Å²) >= 11 is 1.61. The largest absolute Gasteiger partial charge is 0.344 e. The first-order chi connectivity index (χ1) is 13.4. The highest BCUT2D eigenvalue weighted by atomic mass is 32.2. The lowest BCUT2D eigenvalue weighted by Gasteiger charge is -2.29. The van der Waals surface area contributed by atoms with Crippen molar-refractivity contribution < 1.29 is 13.2 Å². The van der Waals surface area contributed by atoms with E-state index in [-0.39, 0.29) is 5.91 Å². The lowest BCUT2D eigenvalue weighted by Crippen LogP contribution is -2.48. The first-order valence-electron chi connectivity index (χ1n) is 9.90. The third kappa shape index (κ3) is 7.97. The minimum Gasteiger partial charge on any atom is -0.344 e. The van der Waals surface area contributed by atoms with E-state index in [1.165, 1.54) is 19.3 Å². The summed E-state index contributed by atoms with van der Waals surface area (Å²) in [5.41, 5.74) is 0.800. The van der Waals surface area contributed by atoms with E-state index in [9.17, 15) is 13.2 Å². The van der Waals surface area contributed by atoms with Crippen LogP contribution in [0.5, 0.6) is 0 Å². The number of carbonyl (C=O) groups excluding carboxylic acids is 1. The molecule has 5 nitrogen and oxygen atoms in total. The Morgan fingerprint density at radius 1 is 1.25 bits per heavy atom. The summed E-state index contributed by atoms with van der Waals surface area (Å²) in [7, 11) is -1.92. The number of rotatable bonds is 10. The second-order valence-corrected chi connectivity index (χ2v) is 10.0. The van der Waals surface area contributed by atoms with E-state index >= 15 is 0 Å². The van der Waals surface area contributed by atoms with Crippen molar-refractivity contribution in [2.45, 2.75) is 44.6 Å². The zero-order valence-corrected chi connectivity index (χ0v) is 18.5. The lowest BCUT2D eigenvalue weighted by molar-refractivity contribution is -0.132. The molecule has 1 aliphatic carbocycles. The molecule has 0 aliphatic heterocycles. The highest BCUT2D eigenvalue weighted by molar-refractivity contribution is 7.98. The molecule has 0 heterocycles. The summed E-state index contributed by atoms with van der Waals surface area (Å²) in [6, 6.07) is 8.52. The van der Waals surface area contributed by atoms with Gasteiger partial charge < -0.3 is 4.90 Å². The van der Waals surface area contributed by atoms with Crippen molar-refractivity contribution in [3.63, 3.8) is 0 Å². The average molecular weight is 425 g/mol. The third-order valence-corrected chi connectivity index (χ3v) is 6.84. The average Bonchev–Trinajstić information content (AvgIpc) is 2.70. The molecule has 28 heavy (non-hydrogen) atoms. The molecule has 0 spiro atoms. The predicted octanol–water partition coefficient (Wildman–Crippen LogP) is 3.74. The zero-order chi connectivity index (χ0) is 20.4. The van der Waals surface area contributed by atoms with E-state index in [4.69, 9.17) is 0 Å². The molecular formula is C21H32N2O3S2. The maximum Gasteiger partial charge on any atom is 0.240 e. The molecule has 1 aromatic carbocycles. The van der Waals surface area contributed by atoms with Crippen LogP contribution in [0.25, 0.3) is 6.08 Å². The molecule has 1 atom stereocenters. The van der Waals surface area contributed by atoms with Gasteiger partial charge in [-0.05, 0) is 48.8 Å². The normalized spacial score (nSPS) is 16.9. The van der Waals surface area contributed by atoms with Crippen LogP contribution in [0.15, 0.2) is 35.7 Å². The van der Waals surface area contributed by atoms with E-state index < -0.39 is 16.1 Å². The SMILES string of the molecule is CSCCC(NS(=O)(=O)C=Cc1ccccc1)C(=O)N(C)CC1CCCCC1. The topological polar surface area (TPSA) is 66.5 Å². The molecule has 156 valence electrons. The van der Waals surface area contributed by atoms with Crippen LogP contribution in [0.4, 0.5) is 0 Å². The number of thioether (sulfide) groups is 1. The van der Waals surface area contributed by atoms with Crippen molar-refractivity contribution in [1.29, 1.82) is 0 Å². The summed E-state index contributed by atoms with van der Waals surface area (Å²) in [6.07, 6.45) is 10.0. The summed E-state index contributed by atoms with van der Waals surface area (Å²) in [4.78, 5) is 14.7. The fourth-order valence-electron chi connectivity index (χ4n) is 3.55. The fraction of sp³-hybridized carbons (Fsp3) is 0.571. The number of nitrogens with zero attached hydrogens (tertiary/aromatic N) is 1. The second kappa shape index (κ2) is 11.6. The number of likely N-dealkylation sites (N-methyl/N-ethyl adjacent to an activating group) is 1. The first kappa shape index (κ1) is 23.0. The predicted molar refractivity (Wildman–Crippen MR) is 119 cm³/mol. The summed E-state index contributed by atoms with van der Waals surface area (Å²) in [6.45, 7) is 0.705. The Balaban J connectivity index is 2.02. The third-order valence-electron chi connectivity index (χ3n) is 5.09. The van der Waals surface area contributed by atoms with E-state index in [2.05, 4.69) is 4.72 Å². The number of benzene rings is 1. The van der Waals surface area contributed by atoms with Crippen LogP contribution in [0.3, 0.4) is 0 Å². The number of carbonyl (C=O) groups is 1. The Labute approximate surface area is 174 Å². The molecule has 0 radical (unpaired) electrons. The van der Waals surface area contributed by atoms with Crippen LogP contribution >= 0.6 is 11.8 Å². The van der Waals surface area contributed by atoms with Crippen LogP contribution in [0, 0.1) is 5.92 Å². The Morgan fingerprint density at radius 2 is 1.93 bits per heavy atom. The van der Waals surface area contributed by atoms with Crippen molar-refractivity contribution in [2.75, 3.05) is 25.6 Å². The minimum atomic E-state index is -3.71. The van der Waals surface area contributed by atoms with Gasteiger partial charge in [0.25, 0.3) is 0 Å². The number of nitrogens with one attached hydrogen (secondary N) is 1. The summed E-state index contributed by atoms with van der Waals surface area (Å²) in [5, 5.41) is 1.14. The Morgan fingerprint density at radius 3 is 2.57 bits per heavy atom. The molecule has 1 amide bonds. The van der Waals surface area contributed by atoms with Crippen LogP contribution in [-0.2, 0) is 14.8 Å². The monoisotopic (exact) mass is 424 g/mol. The van der Waals surface area contributed by atoms with Gasteiger partial charge in [-0.1, -0.05) is 49.6 Å². The van der Waals surface area contributed by atoms with Gasteiger partial charge in [-0.3, -0.25) is 4.79 Å². The maximum atomic E-state index is 12.9. The van der Waals surface area contributed by atoms with Gasteiger partial charge in [0.1, 0.15) is 6.04 Å². The van der Waals surface area contributed by atoms with Gasteiger partial charge in [-0.2, -0.15) is 16.5 Å². The molecular weight excluding hydrogens is 392 g/mol. The molecule has 1 aromatic rings. The van der Waals surface area contributed by atoms with Gasteiger partial charge in [-0.15, -0.1) is 0 Å². The van der Waals surface area contributed by atoms with E-state index in [1.807, 2.05) is 36.6 Å². The Bertz CT molecular complexity index is 729. The lowest BCUT2D eigenvalue weighted by atomic mass is 9.89. The smallest absolute Gasteiger partial charge is 0.240 e.